The van der Waals surface area contributed by atoms with E-state index in [1.807, 2.05) is 0 Å². The van der Waals surface area contributed by atoms with E-state index in [0.717, 1.165) is 6.92 Å². The minimum Gasteiger partial charge on any atom is -0.497 e. The molecule has 0 radical (unpaired) electrons. The van der Waals surface area contributed by atoms with Gasteiger partial charge in [-0.05, 0) is 85.6 Å². The summed E-state index contributed by atoms with van der Waals surface area (Å²) >= 11 is 0. The number of methoxy groups -OCH3 is 1. The van der Waals surface area contributed by atoms with Crippen molar-refractivity contribution in [3.8, 4) is 11.5 Å². The molecule has 6 rings (SSSR count). The molecule has 0 amide bonds. The molecule has 5 aromatic carbocycles. The van der Waals surface area contributed by atoms with Gasteiger partial charge in [0, 0.05) is 25.8 Å². The molecule has 14 heteroatoms. The summed E-state index contributed by atoms with van der Waals surface area (Å²) in [4.78, 5) is 66.4. The van der Waals surface area contributed by atoms with Crippen LogP contribution in [0.1, 0.15) is 75.5 Å². The fourth-order valence-corrected chi connectivity index (χ4v) is 7.07. The number of carbonyl (C=O) groups excluding carboxylic acids is 5. The molecule has 13 nitrogen and oxygen atoms in total. The van der Waals surface area contributed by atoms with Crippen molar-refractivity contribution in [1.82, 2.24) is 0 Å². The van der Waals surface area contributed by atoms with Crippen LogP contribution >= 0.6 is 0 Å². The van der Waals surface area contributed by atoms with E-state index in [9.17, 15) is 24.0 Å². The van der Waals surface area contributed by atoms with E-state index in [4.69, 9.17) is 37.9 Å². The highest BCUT2D eigenvalue weighted by Crippen LogP contribution is 2.41. The molecule has 1 aliphatic rings. The van der Waals surface area contributed by atoms with Crippen LogP contribution in [0.25, 0.3) is 0 Å². The minimum atomic E-state index is -2.07. The van der Waals surface area contributed by atoms with Gasteiger partial charge in [0.25, 0.3) is 0 Å². The number of hydrogen-bond acceptors (Lipinski definition) is 13. The summed E-state index contributed by atoms with van der Waals surface area (Å²) in [6.45, 7) is 4.86. The Morgan fingerprint density at radius 3 is 1.79 bits per heavy atom. The summed E-state index contributed by atoms with van der Waals surface area (Å²) in [7, 11) is 1.52. The number of carbonyl (C=O) groups is 5. The van der Waals surface area contributed by atoms with Crippen molar-refractivity contribution in [3.63, 3.8) is 0 Å². The highest BCUT2D eigenvalue weighted by atomic mass is 19.1. The second-order valence-electron chi connectivity index (χ2n) is 14.6. The molecule has 322 valence electrons. The lowest BCUT2D eigenvalue weighted by Gasteiger charge is -2.51. The number of rotatable bonds is 15. The zero-order valence-corrected chi connectivity index (χ0v) is 34.6. The third-order valence-electron chi connectivity index (χ3n) is 10.0. The number of halogens is 1. The normalized spacial score (nSPS) is 19.8. The zero-order valence-electron chi connectivity index (χ0n) is 34.6. The van der Waals surface area contributed by atoms with Crippen molar-refractivity contribution in [2.45, 2.75) is 77.0 Å². The van der Waals surface area contributed by atoms with Crippen LogP contribution in [-0.4, -0.2) is 73.3 Å². The molecule has 1 fully saturated rings. The van der Waals surface area contributed by atoms with Gasteiger partial charge in [0.05, 0.1) is 23.8 Å². The Labute approximate surface area is 357 Å². The summed E-state index contributed by atoms with van der Waals surface area (Å²) in [6.07, 6.45) is -8.13. The molecule has 5 aromatic rings. The van der Waals surface area contributed by atoms with Crippen LogP contribution in [0.5, 0.6) is 11.5 Å². The first-order valence-electron chi connectivity index (χ1n) is 19.6. The average Bonchev–Trinajstić information content (AvgIpc) is 3.26. The molecule has 0 aromatic heterocycles. The highest BCUT2D eigenvalue weighted by molar-refractivity contribution is 5.91. The fourth-order valence-electron chi connectivity index (χ4n) is 7.07. The van der Waals surface area contributed by atoms with Crippen LogP contribution in [0.4, 0.5) is 4.39 Å². The second-order valence-corrected chi connectivity index (χ2v) is 14.6. The summed E-state index contributed by atoms with van der Waals surface area (Å²) < 4.78 is 64.3. The first kappa shape index (κ1) is 44.5. The average molecular weight is 849 g/mol. The van der Waals surface area contributed by atoms with Gasteiger partial charge in [0.2, 0.25) is 12.4 Å². The van der Waals surface area contributed by atoms with Gasteiger partial charge in [-0.1, -0.05) is 66.7 Å². The van der Waals surface area contributed by atoms with Crippen LogP contribution in [0.3, 0.4) is 0 Å². The summed E-state index contributed by atoms with van der Waals surface area (Å²) in [5.41, 5.74) is -0.824. The van der Waals surface area contributed by atoms with E-state index in [1.165, 1.54) is 64.3 Å². The van der Waals surface area contributed by atoms with Gasteiger partial charge in [-0.15, -0.1) is 0 Å². The fraction of sp³-hybridized carbons (Fsp3) is 0.271. The number of hydrogen-bond donors (Lipinski definition) is 0. The van der Waals surface area contributed by atoms with Crippen molar-refractivity contribution in [3.05, 3.63) is 167 Å². The van der Waals surface area contributed by atoms with Crippen LogP contribution in [0.2, 0.25) is 0 Å². The molecule has 1 heterocycles. The summed E-state index contributed by atoms with van der Waals surface area (Å²) in [5, 5.41) is 0. The molecular formula is C48H45FO13. The Morgan fingerprint density at radius 1 is 0.710 bits per heavy atom. The smallest absolute Gasteiger partial charge is 0.338 e. The van der Waals surface area contributed by atoms with Crippen molar-refractivity contribution in [1.29, 1.82) is 0 Å². The predicted octanol–water partition coefficient (Wildman–Crippen LogP) is 7.61. The van der Waals surface area contributed by atoms with Gasteiger partial charge in [-0.2, -0.15) is 0 Å². The second kappa shape index (κ2) is 20.0. The predicted molar refractivity (Wildman–Crippen MR) is 220 cm³/mol. The largest absolute Gasteiger partial charge is 0.497 e. The molecule has 62 heavy (non-hydrogen) atoms. The van der Waals surface area contributed by atoms with Crippen molar-refractivity contribution >= 4 is 29.8 Å². The summed E-state index contributed by atoms with van der Waals surface area (Å²) in [5.74, 6) is -4.35. The molecule has 0 aliphatic carbocycles. The zero-order chi connectivity index (χ0) is 44.4. The minimum absolute atomic E-state index is 0.0183. The Balaban J connectivity index is 1.52. The molecule has 0 saturated carbocycles. The van der Waals surface area contributed by atoms with Gasteiger partial charge in [0.1, 0.15) is 36.1 Å². The molecule has 1 saturated heterocycles. The highest BCUT2D eigenvalue weighted by Gasteiger charge is 2.63. The monoisotopic (exact) mass is 848 g/mol. The third kappa shape index (κ3) is 10.8. The van der Waals surface area contributed by atoms with Gasteiger partial charge < -0.3 is 37.9 Å². The lowest BCUT2D eigenvalue weighted by molar-refractivity contribution is -0.317. The first-order chi connectivity index (χ1) is 29.7. The molecule has 6 atom stereocenters. The molecular weight excluding hydrogens is 804 g/mol. The molecule has 0 bridgehead atoms. The lowest BCUT2D eigenvalue weighted by Crippen LogP contribution is -2.71. The SMILES string of the molecule is COc1ccc(Cc2c(F)cc(COC(C)=O)cc2O[C@@H]2O[C@H]([C@@H](C)OC(=O)c3ccccc3)[C@@](C)(OC(C)=O)[C@H](OC(=O)c3ccccc3)[C@H]2OC(=O)c2ccccc2)cc1. The van der Waals surface area contributed by atoms with E-state index in [0.29, 0.717) is 11.3 Å². The van der Waals surface area contributed by atoms with Crippen molar-refractivity contribution in [2.75, 3.05) is 7.11 Å². The number of ether oxygens (including phenoxy) is 8. The van der Waals surface area contributed by atoms with Crippen LogP contribution in [0.15, 0.2) is 127 Å². The Bertz CT molecular complexity index is 2360. The topological polar surface area (TPSA) is 159 Å². The molecule has 0 spiro atoms. The third-order valence-corrected chi connectivity index (χ3v) is 10.0. The van der Waals surface area contributed by atoms with E-state index in [-0.39, 0.29) is 46.6 Å². The molecule has 0 N–H and O–H groups in total. The lowest BCUT2D eigenvalue weighted by atomic mass is 9.82. The Morgan fingerprint density at radius 2 is 1.26 bits per heavy atom. The van der Waals surface area contributed by atoms with Gasteiger partial charge in [0.15, 0.2) is 11.7 Å². The van der Waals surface area contributed by atoms with Crippen molar-refractivity contribution < 1.29 is 66.3 Å². The quantitative estimate of drug-likeness (QED) is 0.0749. The van der Waals surface area contributed by atoms with Crippen LogP contribution < -0.4 is 9.47 Å². The first-order valence-corrected chi connectivity index (χ1v) is 19.6. The van der Waals surface area contributed by atoms with Crippen LogP contribution in [0, 0.1) is 5.82 Å². The van der Waals surface area contributed by atoms with Gasteiger partial charge >= 0.3 is 29.8 Å². The maximum atomic E-state index is 16.4. The summed E-state index contributed by atoms with van der Waals surface area (Å²) in [6, 6.07) is 33.4. The van der Waals surface area contributed by atoms with Crippen molar-refractivity contribution in [2.24, 2.45) is 0 Å². The van der Waals surface area contributed by atoms with Crippen LogP contribution in [-0.2, 0) is 51.0 Å². The standard InChI is InChI=1S/C48H45FO13/c1-29(57-44(52)34-15-9-6-10-16-34)42-48(4,62-31(3)51)43(60-46(54)36-19-13-8-14-20-36)41(59-45(53)35-17-11-7-12-18-35)47(61-42)58-40-27-33(28-56-30(2)50)26-39(49)38(40)25-32-21-23-37(55-5)24-22-32/h6-24,26-27,29,41-43,47H,25,28H2,1-5H3/t29-,41-,42-,43-,47-,48-/m1/s1. The maximum absolute atomic E-state index is 16.4. The maximum Gasteiger partial charge on any atom is 0.338 e. The molecule has 1 aliphatic heterocycles. The van der Waals surface area contributed by atoms with E-state index >= 15 is 4.39 Å². The number of esters is 5. The number of benzene rings is 5. The van der Waals surface area contributed by atoms with Gasteiger partial charge in [-0.3, -0.25) is 9.59 Å². The van der Waals surface area contributed by atoms with Gasteiger partial charge in [-0.25, -0.2) is 18.8 Å². The van der Waals surface area contributed by atoms with E-state index in [2.05, 4.69) is 0 Å². The van der Waals surface area contributed by atoms with E-state index in [1.54, 1.807) is 91.0 Å². The van der Waals surface area contributed by atoms with E-state index < -0.39 is 72.0 Å². The Hall–Kier alpha value is -7.06. The molecule has 0 unspecified atom stereocenters. The Kier molecular flexibility index (Phi) is 14.4.